The number of hydrogen-bond donors (Lipinski definition) is 2. The molecule has 198 valence electrons. The molecular formula is C28H47N3O4. The molecule has 0 fully saturated rings. The average Bonchev–Trinajstić information content (AvgIpc) is 2.74. The molecule has 7 nitrogen and oxygen atoms in total. The molecule has 35 heavy (non-hydrogen) atoms. The Morgan fingerprint density at radius 1 is 1.06 bits per heavy atom. The van der Waals surface area contributed by atoms with Crippen LogP contribution in [0.4, 0.5) is 4.79 Å². The van der Waals surface area contributed by atoms with Gasteiger partial charge < -0.3 is 20.3 Å². The molecule has 7 heteroatoms. The summed E-state index contributed by atoms with van der Waals surface area (Å²) < 4.78 is 5.42. The third-order valence-electron chi connectivity index (χ3n) is 5.90. The van der Waals surface area contributed by atoms with Gasteiger partial charge in [0.1, 0.15) is 17.7 Å². The van der Waals surface area contributed by atoms with Crippen LogP contribution >= 0.6 is 0 Å². The van der Waals surface area contributed by atoms with Crippen LogP contribution < -0.4 is 10.6 Å². The Kier molecular flexibility index (Phi) is 12.3. The summed E-state index contributed by atoms with van der Waals surface area (Å²) in [5.74, 6) is -0.341. The fourth-order valence-corrected chi connectivity index (χ4v) is 4.01. The first-order valence-electron chi connectivity index (χ1n) is 13.0. The lowest BCUT2D eigenvalue weighted by Crippen LogP contribution is -2.53. The number of aryl methyl sites for hydroxylation is 1. The van der Waals surface area contributed by atoms with Gasteiger partial charge in [-0.1, -0.05) is 51.8 Å². The van der Waals surface area contributed by atoms with E-state index < -0.39 is 23.8 Å². The first-order chi connectivity index (χ1) is 16.3. The van der Waals surface area contributed by atoms with E-state index in [0.717, 1.165) is 36.0 Å². The molecule has 1 rings (SSSR count). The predicted octanol–water partition coefficient (Wildman–Crippen LogP) is 5.44. The SMILES string of the molecule is CCCCCNC(=O)C(c1cccc(C)c1C)N(CC)C(=O)C(CC(C)C)NC(=O)OC(C)(C)C. The van der Waals surface area contributed by atoms with Gasteiger partial charge in [0.15, 0.2) is 0 Å². The van der Waals surface area contributed by atoms with Crippen molar-refractivity contribution in [3.8, 4) is 0 Å². The number of carbonyl (C=O) groups is 3. The predicted molar refractivity (Wildman–Crippen MR) is 141 cm³/mol. The second-order valence-electron chi connectivity index (χ2n) is 10.6. The van der Waals surface area contributed by atoms with Gasteiger partial charge in [-0.15, -0.1) is 0 Å². The number of benzene rings is 1. The molecule has 2 atom stereocenters. The summed E-state index contributed by atoms with van der Waals surface area (Å²) in [7, 11) is 0. The van der Waals surface area contributed by atoms with Crippen molar-refractivity contribution in [2.45, 2.75) is 106 Å². The zero-order valence-electron chi connectivity index (χ0n) is 23.3. The summed E-state index contributed by atoms with van der Waals surface area (Å²) in [6, 6.07) is 4.23. The van der Waals surface area contributed by atoms with Crippen LogP contribution in [-0.2, 0) is 14.3 Å². The molecule has 0 aliphatic heterocycles. The lowest BCUT2D eigenvalue weighted by atomic mass is 9.94. The van der Waals surface area contributed by atoms with Crippen molar-refractivity contribution in [1.82, 2.24) is 15.5 Å². The van der Waals surface area contributed by atoms with Crippen molar-refractivity contribution in [1.29, 1.82) is 0 Å². The zero-order valence-corrected chi connectivity index (χ0v) is 23.3. The molecule has 3 amide bonds. The van der Waals surface area contributed by atoms with Crippen molar-refractivity contribution in [3.05, 3.63) is 34.9 Å². The molecule has 0 spiro atoms. The van der Waals surface area contributed by atoms with Crippen molar-refractivity contribution < 1.29 is 19.1 Å². The van der Waals surface area contributed by atoms with Gasteiger partial charge in [0.2, 0.25) is 11.8 Å². The normalized spacial score (nSPS) is 13.2. The first-order valence-corrected chi connectivity index (χ1v) is 13.0. The van der Waals surface area contributed by atoms with E-state index in [1.807, 2.05) is 52.8 Å². The largest absolute Gasteiger partial charge is 0.444 e. The smallest absolute Gasteiger partial charge is 0.408 e. The minimum Gasteiger partial charge on any atom is -0.444 e. The van der Waals surface area contributed by atoms with Crippen LogP contribution in [-0.4, -0.2) is 47.5 Å². The van der Waals surface area contributed by atoms with E-state index in [1.165, 1.54) is 0 Å². The van der Waals surface area contributed by atoms with Crippen LogP contribution in [0.2, 0.25) is 0 Å². The van der Waals surface area contributed by atoms with E-state index in [4.69, 9.17) is 4.74 Å². The highest BCUT2D eigenvalue weighted by atomic mass is 16.6. The minimum atomic E-state index is -0.801. The van der Waals surface area contributed by atoms with E-state index in [0.29, 0.717) is 19.5 Å². The van der Waals surface area contributed by atoms with Crippen LogP contribution in [0.1, 0.15) is 96.9 Å². The molecule has 0 aromatic heterocycles. The molecule has 1 aromatic rings. The van der Waals surface area contributed by atoms with Gasteiger partial charge in [-0.3, -0.25) is 9.59 Å². The zero-order chi connectivity index (χ0) is 26.8. The first kappa shape index (κ1) is 30.5. The van der Waals surface area contributed by atoms with E-state index >= 15 is 0 Å². The van der Waals surface area contributed by atoms with Crippen LogP contribution in [0.25, 0.3) is 0 Å². The van der Waals surface area contributed by atoms with Crippen LogP contribution in [0.15, 0.2) is 18.2 Å². The molecule has 0 heterocycles. The van der Waals surface area contributed by atoms with Crippen LogP contribution in [0.3, 0.4) is 0 Å². The van der Waals surface area contributed by atoms with Crippen LogP contribution in [0.5, 0.6) is 0 Å². The Balaban J connectivity index is 3.36. The van der Waals surface area contributed by atoms with E-state index in [2.05, 4.69) is 17.6 Å². The van der Waals surface area contributed by atoms with E-state index in [-0.39, 0.29) is 17.7 Å². The number of rotatable bonds is 12. The van der Waals surface area contributed by atoms with Gasteiger partial charge in [-0.2, -0.15) is 0 Å². The highest BCUT2D eigenvalue weighted by Gasteiger charge is 2.36. The van der Waals surface area contributed by atoms with Gasteiger partial charge in [-0.25, -0.2) is 4.79 Å². The number of nitrogens with zero attached hydrogens (tertiary/aromatic N) is 1. The van der Waals surface area contributed by atoms with Gasteiger partial charge >= 0.3 is 6.09 Å². The number of carbonyl (C=O) groups excluding carboxylic acids is 3. The molecule has 0 saturated carbocycles. The van der Waals surface area contributed by atoms with Gasteiger partial charge in [0, 0.05) is 13.1 Å². The number of amides is 3. The maximum Gasteiger partial charge on any atom is 0.408 e. The summed E-state index contributed by atoms with van der Waals surface area (Å²) in [4.78, 5) is 41.5. The fraction of sp³-hybridized carbons (Fsp3) is 0.679. The molecule has 0 radical (unpaired) electrons. The number of hydrogen-bond acceptors (Lipinski definition) is 4. The average molecular weight is 490 g/mol. The lowest BCUT2D eigenvalue weighted by Gasteiger charge is -2.35. The molecule has 0 aliphatic rings. The summed E-state index contributed by atoms with van der Waals surface area (Å²) in [5.41, 5.74) is 2.15. The quantitative estimate of drug-likeness (QED) is 0.383. The molecular weight excluding hydrogens is 442 g/mol. The number of nitrogens with one attached hydrogen (secondary N) is 2. The van der Waals surface area contributed by atoms with Gasteiger partial charge in [-0.05, 0) is 77.0 Å². The summed E-state index contributed by atoms with van der Waals surface area (Å²) >= 11 is 0. The number of unbranched alkanes of at least 4 members (excludes halogenated alkanes) is 2. The van der Waals surface area contributed by atoms with E-state index in [1.54, 1.807) is 25.7 Å². The molecule has 2 N–H and O–H groups in total. The second-order valence-corrected chi connectivity index (χ2v) is 10.6. The maximum atomic E-state index is 13.9. The van der Waals surface area contributed by atoms with Crippen molar-refractivity contribution >= 4 is 17.9 Å². The Bertz CT molecular complexity index is 845. The third-order valence-corrected chi connectivity index (χ3v) is 5.90. The Hall–Kier alpha value is -2.57. The topological polar surface area (TPSA) is 87.7 Å². The lowest BCUT2D eigenvalue weighted by molar-refractivity contribution is -0.142. The highest BCUT2D eigenvalue weighted by Crippen LogP contribution is 2.28. The summed E-state index contributed by atoms with van der Waals surface area (Å²) in [6.45, 7) is 18.2. The molecule has 2 unspecified atom stereocenters. The summed E-state index contributed by atoms with van der Waals surface area (Å²) in [5, 5.41) is 5.81. The Morgan fingerprint density at radius 3 is 2.26 bits per heavy atom. The highest BCUT2D eigenvalue weighted by molar-refractivity contribution is 5.92. The maximum absolute atomic E-state index is 13.9. The minimum absolute atomic E-state index is 0.152. The number of likely N-dealkylation sites (N-methyl/N-ethyl adjacent to an activating group) is 1. The van der Waals surface area contributed by atoms with Crippen molar-refractivity contribution in [3.63, 3.8) is 0 Å². The van der Waals surface area contributed by atoms with Crippen molar-refractivity contribution in [2.24, 2.45) is 5.92 Å². The molecule has 1 aromatic carbocycles. The van der Waals surface area contributed by atoms with Gasteiger partial charge in [0.05, 0.1) is 0 Å². The Labute approximate surface area is 212 Å². The van der Waals surface area contributed by atoms with Crippen molar-refractivity contribution in [2.75, 3.05) is 13.1 Å². The third kappa shape index (κ3) is 9.90. The standard InChI is InChI=1S/C28H47N3O4/c1-10-12-13-17-29-25(32)24(22-16-14-15-20(5)21(22)6)31(11-2)26(33)23(18-19(3)4)30-27(34)35-28(7,8)9/h14-16,19,23-24H,10-13,17-18H2,1-9H3,(H,29,32)(H,30,34). The number of ether oxygens (including phenoxy) is 1. The molecule has 0 saturated heterocycles. The molecule has 0 aliphatic carbocycles. The Morgan fingerprint density at radius 2 is 1.71 bits per heavy atom. The van der Waals surface area contributed by atoms with Crippen LogP contribution in [0, 0.1) is 19.8 Å². The monoisotopic (exact) mass is 489 g/mol. The van der Waals surface area contributed by atoms with Gasteiger partial charge in [0.25, 0.3) is 0 Å². The van der Waals surface area contributed by atoms with E-state index in [9.17, 15) is 14.4 Å². The fourth-order valence-electron chi connectivity index (χ4n) is 4.01. The molecule has 0 bridgehead atoms. The summed E-state index contributed by atoms with van der Waals surface area (Å²) in [6.07, 6.45) is 2.77. The number of alkyl carbamates (subject to hydrolysis) is 1. The second kappa shape index (κ2) is 14.1.